The number of rotatable bonds is 2. The molecular weight excluding hydrogens is 329 g/mol. The van der Waals surface area contributed by atoms with Gasteiger partial charge in [0.15, 0.2) is 0 Å². The van der Waals surface area contributed by atoms with Crippen LogP contribution in [0.4, 0.5) is 5.69 Å². The van der Waals surface area contributed by atoms with E-state index in [0.29, 0.717) is 21.1 Å². The van der Waals surface area contributed by atoms with E-state index in [0.717, 1.165) is 25.1 Å². The molecule has 0 bridgehead atoms. The molecule has 0 aromatic heterocycles. The average molecular weight is 349 g/mol. The van der Waals surface area contributed by atoms with Crippen LogP contribution in [-0.4, -0.2) is 18.2 Å². The van der Waals surface area contributed by atoms with Crippen LogP contribution >= 0.6 is 34.8 Å². The fourth-order valence-corrected chi connectivity index (χ4v) is 4.51. The van der Waals surface area contributed by atoms with Gasteiger partial charge in [-0.2, -0.15) is 0 Å². The van der Waals surface area contributed by atoms with Gasteiger partial charge in [0.2, 0.25) is 0 Å². The van der Waals surface area contributed by atoms with Crippen molar-refractivity contribution in [3.63, 3.8) is 0 Å². The minimum atomic E-state index is 0.0690. The van der Waals surface area contributed by atoms with E-state index in [4.69, 9.17) is 39.5 Å². The topological polar surface area (TPSA) is 21.3 Å². The van der Waals surface area contributed by atoms with E-state index in [1.165, 1.54) is 32.1 Å². The summed E-state index contributed by atoms with van der Waals surface area (Å²) in [7, 11) is 0. The zero-order valence-electron chi connectivity index (χ0n) is 11.9. The van der Waals surface area contributed by atoms with Crippen LogP contribution in [0.3, 0.4) is 0 Å². The average Bonchev–Trinajstić information content (AvgIpc) is 2.44. The summed E-state index contributed by atoms with van der Waals surface area (Å²) in [6, 6.07) is 3.81. The molecule has 1 heterocycles. The van der Waals surface area contributed by atoms with Gasteiger partial charge < -0.3 is 10.1 Å². The van der Waals surface area contributed by atoms with Crippen LogP contribution in [0, 0.1) is 0 Å². The van der Waals surface area contributed by atoms with Crippen molar-refractivity contribution in [1.29, 1.82) is 0 Å². The van der Waals surface area contributed by atoms with Gasteiger partial charge in [0.05, 0.1) is 21.3 Å². The van der Waals surface area contributed by atoms with Gasteiger partial charge in [-0.3, -0.25) is 0 Å². The van der Waals surface area contributed by atoms with Crippen LogP contribution in [-0.2, 0) is 4.74 Å². The number of halogens is 3. The number of nitrogens with one attached hydrogen (secondary N) is 1. The molecule has 0 radical (unpaired) electrons. The molecule has 1 aromatic rings. The van der Waals surface area contributed by atoms with E-state index in [1.54, 1.807) is 12.1 Å². The van der Waals surface area contributed by atoms with E-state index >= 15 is 0 Å². The van der Waals surface area contributed by atoms with Gasteiger partial charge in [0, 0.05) is 17.7 Å². The lowest BCUT2D eigenvalue weighted by atomic mass is 9.78. The summed E-state index contributed by atoms with van der Waals surface area (Å²) in [4.78, 5) is 0. The molecule has 2 fully saturated rings. The molecule has 1 unspecified atom stereocenters. The first kappa shape index (κ1) is 15.7. The van der Waals surface area contributed by atoms with Crippen molar-refractivity contribution >= 4 is 40.5 Å². The molecule has 1 atom stereocenters. The zero-order chi connectivity index (χ0) is 14.9. The highest BCUT2D eigenvalue weighted by atomic mass is 35.5. The zero-order valence-corrected chi connectivity index (χ0v) is 14.2. The lowest BCUT2D eigenvalue weighted by Gasteiger charge is -2.44. The molecular formula is C16H20Cl3NO. The highest BCUT2D eigenvalue weighted by Crippen LogP contribution is 2.41. The Kier molecular flexibility index (Phi) is 4.90. The molecule has 5 heteroatoms. The monoisotopic (exact) mass is 347 g/mol. The second kappa shape index (κ2) is 6.54. The first-order valence-corrected chi connectivity index (χ1v) is 8.76. The summed E-state index contributed by atoms with van der Waals surface area (Å²) in [6.45, 7) is 0.806. The van der Waals surface area contributed by atoms with Gasteiger partial charge in [0.25, 0.3) is 0 Å². The Morgan fingerprint density at radius 2 is 1.71 bits per heavy atom. The number of ether oxygens (including phenoxy) is 1. The van der Waals surface area contributed by atoms with Crippen molar-refractivity contribution in [3.8, 4) is 0 Å². The molecule has 2 aliphatic rings. The molecule has 1 saturated heterocycles. The van der Waals surface area contributed by atoms with Crippen molar-refractivity contribution in [3.05, 3.63) is 27.2 Å². The molecule has 1 saturated carbocycles. The Morgan fingerprint density at radius 1 is 1.05 bits per heavy atom. The van der Waals surface area contributed by atoms with Gasteiger partial charge in [-0.15, -0.1) is 0 Å². The lowest BCUT2D eigenvalue weighted by Crippen LogP contribution is -2.45. The normalized spacial score (nSPS) is 25.0. The second-order valence-corrected chi connectivity index (χ2v) is 7.42. The first-order valence-electron chi connectivity index (χ1n) is 7.63. The number of benzene rings is 1. The first-order chi connectivity index (χ1) is 10.1. The molecule has 0 amide bonds. The summed E-state index contributed by atoms with van der Waals surface area (Å²) in [5.74, 6) is 0. The smallest absolute Gasteiger partial charge is 0.0722 e. The van der Waals surface area contributed by atoms with E-state index in [-0.39, 0.29) is 5.60 Å². The number of hydrogen-bond donors (Lipinski definition) is 1. The highest BCUT2D eigenvalue weighted by molar-refractivity contribution is 6.41. The fraction of sp³-hybridized carbons (Fsp3) is 0.625. The number of anilines is 1. The molecule has 1 spiro atoms. The molecule has 1 N–H and O–H groups in total. The Morgan fingerprint density at radius 3 is 2.38 bits per heavy atom. The maximum absolute atomic E-state index is 6.27. The maximum Gasteiger partial charge on any atom is 0.0722 e. The SMILES string of the molecule is Clc1cc(Cl)c(NC2CCOC3(CCCCC3)C2)c(Cl)c1. The Hall–Kier alpha value is -0.150. The third-order valence-electron chi connectivity index (χ3n) is 4.61. The Balaban J connectivity index is 1.73. The van der Waals surface area contributed by atoms with Gasteiger partial charge in [-0.25, -0.2) is 0 Å². The van der Waals surface area contributed by atoms with Gasteiger partial charge in [0.1, 0.15) is 0 Å². The standard InChI is InChI=1S/C16H20Cl3NO/c17-11-8-13(18)15(14(19)9-11)20-12-4-7-21-16(10-12)5-2-1-3-6-16/h8-9,12,20H,1-7,10H2. The van der Waals surface area contributed by atoms with Crippen LogP contribution in [0.15, 0.2) is 12.1 Å². The molecule has 1 aliphatic carbocycles. The van der Waals surface area contributed by atoms with Crippen LogP contribution in [0.25, 0.3) is 0 Å². The predicted molar refractivity (Wildman–Crippen MR) is 89.9 cm³/mol. The van der Waals surface area contributed by atoms with Crippen molar-refractivity contribution in [2.45, 2.75) is 56.6 Å². The van der Waals surface area contributed by atoms with E-state index in [9.17, 15) is 0 Å². The molecule has 21 heavy (non-hydrogen) atoms. The van der Waals surface area contributed by atoms with Crippen molar-refractivity contribution < 1.29 is 4.74 Å². The van der Waals surface area contributed by atoms with Crippen LogP contribution in [0.1, 0.15) is 44.9 Å². The van der Waals surface area contributed by atoms with Crippen LogP contribution < -0.4 is 5.32 Å². The van der Waals surface area contributed by atoms with Crippen molar-refractivity contribution in [1.82, 2.24) is 0 Å². The summed E-state index contributed by atoms with van der Waals surface area (Å²) in [6.07, 6.45) is 8.24. The van der Waals surface area contributed by atoms with Gasteiger partial charge >= 0.3 is 0 Å². The third-order valence-corrected chi connectivity index (χ3v) is 5.43. The minimum Gasteiger partial charge on any atom is -0.380 e. The number of hydrogen-bond acceptors (Lipinski definition) is 2. The minimum absolute atomic E-state index is 0.0690. The van der Waals surface area contributed by atoms with Crippen LogP contribution in [0.2, 0.25) is 15.1 Å². The predicted octanol–water partition coefficient (Wildman–Crippen LogP) is 5.94. The van der Waals surface area contributed by atoms with E-state index in [1.807, 2.05) is 0 Å². The Bertz CT molecular complexity index is 486. The third kappa shape index (κ3) is 3.61. The highest BCUT2D eigenvalue weighted by Gasteiger charge is 2.38. The van der Waals surface area contributed by atoms with Crippen molar-refractivity contribution in [2.24, 2.45) is 0 Å². The summed E-state index contributed by atoms with van der Waals surface area (Å²) in [5.41, 5.74) is 0.861. The van der Waals surface area contributed by atoms with Crippen LogP contribution in [0.5, 0.6) is 0 Å². The summed E-state index contributed by atoms with van der Waals surface area (Å²) >= 11 is 18.5. The molecule has 2 nitrogen and oxygen atoms in total. The summed E-state index contributed by atoms with van der Waals surface area (Å²) in [5, 5.41) is 5.24. The second-order valence-electron chi connectivity index (χ2n) is 6.17. The lowest BCUT2D eigenvalue weighted by molar-refractivity contribution is -0.103. The van der Waals surface area contributed by atoms with Gasteiger partial charge in [-0.05, 0) is 37.8 Å². The Labute approximate surface area is 141 Å². The molecule has 1 aliphatic heterocycles. The maximum atomic E-state index is 6.27. The molecule has 116 valence electrons. The molecule has 3 rings (SSSR count). The summed E-state index contributed by atoms with van der Waals surface area (Å²) < 4.78 is 6.13. The molecule has 1 aromatic carbocycles. The van der Waals surface area contributed by atoms with Gasteiger partial charge in [-0.1, -0.05) is 54.1 Å². The van der Waals surface area contributed by atoms with E-state index < -0.39 is 0 Å². The van der Waals surface area contributed by atoms with Crippen molar-refractivity contribution in [2.75, 3.05) is 11.9 Å². The quantitative estimate of drug-likeness (QED) is 0.714. The largest absolute Gasteiger partial charge is 0.380 e. The van der Waals surface area contributed by atoms with E-state index in [2.05, 4.69) is 5.32 Å². The fourth-order valence-electron chi connectivity index (χ4n) is 3.58.